The minimum absolute atomic E-state index is 0.00140. The van der Waals surface area contributed by atoms with Crippen LogP contribution in [-0.2, 0) is 27.7 Å². The number of amides is 1. The molecule has 2 bridgehead atoms. The van der Waals surface area contributed by atoms with Crippen LogP contribution in [-0.4, -0.2) is 61.8 Å². The van der Waals surface area contributed by atoms with E-state index in [4.69, 9.17) is 4.74 Å². The molecule has 2 aliphatic heterocycles. The van der Waals surface area contributed by atoms with Crippen LogP contribution in [0.15, 0.2) is 29.2 Å². The predicted octanol–water partition coefficient (Wildman–Crippen LogP) is 5.14. The summed E-state index contributed by atoms with van der Waals surface area (Å²) in [4.78, 5) is 29.6. The van der Waals surface area contributed by atoms with Crippen LogP contribution in [0.2, 0.25) is 0 Å². The molecule has 0 radical (unpaired) electrons. The lowest BCUT2D eigenvalue weighted by atomic mass is 9.65. The van der Waals surface area contributed by atoms with E-state index < -0.39 is 16.0 Å². The van der Waals surface area contributed by atoms with Crippen molar-refractivity contribution in [1.82, 2.24) is 9.21 Å². The second-order valence-electron chi connectivity index (χ2n) is 12.3. The Morgan fingerprint density at radius 2 is 1.85 bits per heavy atom. The third-order valence-corrected chi connectivity index (χ3v) is 11.4. The molecule has 0 spiro atoms. The molecule has 1 N–H and O–H groups in total. The number of thiophene rings is 1. The van der Waals surface area contributed by atoms with Crippen LogP contribution in [0.25, 0.3) is 0 Å². The van der Waals surface area contributed by atoms with E-state index in [1.165, 1.54) is 23.5 Å². The smallest absolute Gasteiger partial charge is 0.341 e. The molecule has 1 aliphatic carbocycles. The average Bonchev–Trinajstić information content (AvgIpc) is 3.36. The normalized spacial score (nSPS) is 24.8. The van der Waals surface area contributed by atoms with E-state index in [0.29, 0.717) is 22.7 Å². The highest BCUT2D eigenvalue weighted by Crippen LogP contribution is 2.53. The van der Waals surface area contributed by atoms with Gasteiger partial charge >= 0.3 is 5.97 Å². The number of sulfonamides is 1. The van der Waals surface area contributed by atoms with E-state index >= 15 is 0 Å². The van der Waals surface area contributed by atoms with Crippen molar-refractivity contribution in [2.75, 3.05) is 31.6 Å². The Morgan fingerprint density at radius 1 is 1.13 bits per heavy atom. The first-order valence-electron chi connectivity index (χ1n) is 13.8. The number of hydrogen-bond acceptors (Lipinski definition) is 7. The van der Waals surface area contributed by atoms with Gasteiger partial charge in [-0.25, -0.2) is 13.2 Å². The lowest BCUT2D eigenvalue weighted by Crippen LogP contribution is -2.37. The van der Waals surface area contributed by atoms with Gasteiger partial charge in [-0.3, -0.25) is 9.69 Å². The molecule has 1 saturated heterocycles. The zero-order chi connectivity index (χ0) is 28.2. The molecular weight excluding hydrogens is 534 g/mol. The number of ether oxygens (including phenoxy) is 1. The highest BCUT2D eigenvalue weighted by atomic mass is 32.2. The largest absolute Gasteiger partial charge is 0.462 e. The summed E-state index contributed by atoms with van der Waals surface area (Å²) in [5, 5.41) is 3.40. The Hall–Kier alpha value is -2.27. The zero-order valence-corrected chi connectivity index (χ0v) is 25.1. The number of nitrogens with one attached hydrogen (secondary N) is 1. The van der Waals surface area contributed by atoms with Crippen LogP contribution in [0.3, 0.4) is 0 Å². The molecule has 39 heavy (non-hydrogen) atoms. The van der Waals surface area contributed by atoms with Gasteiger partial charge in [0.25, 0.3) is 5.91 Å². The minimum atomic E-state index is -3.68. The number of rotatable bonds is 7. The molecule has 2 atom stereocenters. The molecule has 10 heteroatoms. The number of hydrogen-bond donors (Lipinski definition) is 1. The fraction of sp³-hybridized carbons (Fsp3) is 0.586. The second-order valence-corrected chi connectivity index (χ2v) is 15.3. The molecule has 1 aromatic carbocycles. The number of carbonyl (C=O) groups excluding carboxylic acids is 2. The number of anilines is 1. The van der Waals surface area contributed by atoms with Crippen LogP contribution in [0.5, 0.6) is 0 Å². The maximum Gasteiger partial charge on any atom is 0.341 e. The van der Waals surface area contributed by atoms with Gasteiger partial charge in [-0.2, -0.15) is 4.31 Å². The molecule has 1 amide bonds. The van der Waals surface area contributed by atoms with Crippen molar-refractivity contribution in [2.24, 2.45) is 10.8 Å². The minimum Gasteiger partial charge on any atom is -0.462 e. The van der Waals surface area contributed by atoms with Crippen molar-refractivity contribution >= 4 is 38.2 Å². The number of fused-ring (bicyclic) bond motifs is 3. The summed E-state index contributed by atoms with van der Waals surface area (Å²) in [5.41, 5.74) is 1.83. The Morgan fingerprint density at radius 3 is 2.51 bits per heavy atom. The van der Waals surface area contributed by atoms with E-state index in [1.54, 1.807) is 23.4 Å². The van der Waals surface area contributed by atoms with Crippen LogP contribution >= 0.6 is 11.3 Å². The maximum atomic E-state index is 13.6. The molecule has 2 aromatic rings. The molecule has 8 nitrogen and oxygen atoms in total. The highest BCUT2D eigenvalue weighted by molar-refractivity contribution is 7.89. The fourth-order valence-electron chi connectivity index (χ4n) is 7.01. The van der Waals surface area contributed by atoms with E-state index in [-0.39, 0.29) is 34.3 Å². The maximum absolute atomic E-state index is 13.6. The van der Waals surface area contributed by atoms with Gasteiger partial charge in [0.05, 0.1) is 17.1 Å². The SMILES string of the molecule is CCOC(=O)c1c(NC(=O)c2ccc(S(=O)(=O)N3C[C@@]4(C)C[C@H]3CC(C)(C)C4)cc2)sc2c1CCN(CC)C2. The lowest BCUT2D eigenvalue weighted by Gasteiger charge is -2.39. The molecular formula is C29H39N3O5S2. The first-order chi connectivity index (χ1) is 18.4. The van der Waals surface area contributed by atoms with E-state index in [2.05, 4.69) is 37.9 Å². The number of nitrogens with zero attached hydrogens (tertiary/aromatic N) is 2. The fourth-order valence-corrected chi connectivity index (χ4v) is 10.1. The summed E-state index contributed by atoms with van der Waals surface area (Å²) in [7, 11) is -3.68. The van der Waals surface area contributed by atoms with Gasteiger partial charge in [-0.15, -0.1) is 11.3 Å². The standard InChI is InChI=1S/C29H39N3O5S2/c1-6-31-13-12-22-23(16-31)38-26(24(22)27(34)37-7-2)30-25(33)19-8-10-21(11-9-19)39(35,36)32-18-29(5)15-20(32)14-28(3,4)17-29/h8-11,20H,6-7,12-18H2,1-5H3,(H,30,33)/t20-,29+/m1/s1. The summed E-state index contributed by atoms with van der Waals surface area (Å²) < 4.78 is 34.2. The van der Waals surface area contributed by atoms with Crippen molar-refractivity contribution in [3.05, 3.63) is 45.8 Å². The summed E-state index contributed by atoms with van der Waals surface area (Å²) in [6, 6.07) is 6.13. The molecule has 1 saturated carbocycles. The van der Waals surface area contributed by atoms with Crippen molar-refractivity contribution in [1.29, 1.82) is 0 Å². The van der Waals surface area contributed by atoms with Gasteiger partial charge in [0.15, 0.2) is 0 Å². The molecule has 1 aromatic heterocycles. The molecule has 3 aliphatic rings. The zero-order valence-electron chi connectivity index (χ0n) is 23.5. The number of esters is 1. The van der Waals surface area contributed by atoms with Gasteiger partial charge in [-0.05, 0) is 79.8 Å². The number of carbonyl (C=O) groups is 2. The van der Waals surface area contributed by atoms with E-state index in [1.807, 2.05) is 0 Å². The molecule has 2 fully saturated rings. The predicted molar refractivity (Wildman–Crippen MR) is 153 cm³/mol. The molecule has 0 unspecified atom stereocenters. The highest BCUT2D eigenvalue weighted by Gasteiger charge is 2.53. The lowest BCUT2D eigenvalue weighted by molar-refractivity contribution is 0.0526. The summed E-state index contributed by atoms with van der Waals surface area (Å²) in [6.45, 7) is 13.8. The van der Waals surface area contributed by atoms with Crippen molar-refractivity contribution < 1.29 is 22.7 Å². The van der Waals surface area contributed by atoms with Crippen LogP contribution in [0, 0.1) is 10.8 Å². The van der Waals surface area contributed by atoms with Gasteiger partial charge < -0.3 is 10.1 Å². The number of benzene rings is 1. The van der Waals surface area contributed by atoms with Crippen LogP contribution in [0.4, 0.5) is 5.00 Å². The average molecular weight is 574 g/mol. The third kappa shape index (κ3) is 5.40. The quantitative estimate of drug-likeness (QED) is 0.461. The summed E-state index contributed by atoms with van der Waals surface area (Å²) in [6.07, 6.45) is 3.48. The van der Waals surface area contributed by atoms with E-state index in [0.717, 1.165) is 55.8 Å². The second kappa shape index (κ2) is 10.3. The summed E-state index contributed by atoms with van der Waals surface area (Å²) in [5.74, 6) is -0.814. The van der Waals surface area contributed by atoms with Crippen molar-refractivity contribution in [3.8, 4) is 0 Å². The van der Waals surface area contributed by atoms with Crippen molar-refractivity contribution in [3.63, 3.8) is 0 Å². The summed E-state index contributed by atoms with van der Waals surface area (Å²) >= 11 is 1.41. The Kier molecular flexibility index (Phi) is 7.45. The van der Waals surface area contributed by atoms with Gasteiger partial charge in [0.1, 0.15) is 5.00 Å². The molecule has 3 heterocycles. The topological polar surface area (TPSA) is 96.0 Å². The number of likely N-dealkylation sites (N-methyl/N-ethyl adjacent to an activating group) is 1. The Balaban J connectivity index is 1.36. The third-order valence-electron chi connectivity index (χ3n) is 8.38. The van der Waals surface area contributed by atoms with Gasteiger partial charge in [0.2, 0.25) is 10.0 Å². The van der Waals surface area contributed by atoms with Gasteiger partial charge in [-0.1, -0.05) is 27.7 Å². The van der Waals surface area contributed by atoms with Crippen molar-refractivity contribution in [2.45, 2.75) is 77.8 Å². The molecule has 212 valence electrons. The first-order valence-corrected chi connectivity index (χ1v) is 16.1. The molecule has 5 rings (SSSR count). The Bertz CT molecular complexity index is 1380. The Labute approximate surface area is 235 Å². The first kappa shape index (κ1) is 28.3. The monoisotopic (exact) mass is 573 g/mol. The van der Waals surface area contributed by atoms with Crippen LogP contribution < -0.4 is 5.32 Å². The van der Waals surface area contributed by atoms with E-state index in [9.17, 15) is 18.0 Å². The van der Waals surface area contributed by atoms with Gasteiger partial charge in [0, 0.05) is 36.1 Å². The van der Waals surface area contributed by atoms with Crippen LogP contribution in [0.1, 0.15) is 85.0 Å².